The van der Waals surface area contributed by atoms with E-state index in [1.54, 1.807) is 47.4 Å². The Hall–Kier alpha value is -2.68. The zero-order valence-electron chi connectivity index (χ0n) is 15.1. The van der Waals surface area contributed by atoms with Gasteiger partial charge in [-0.05, 0) is 43.7 Å². The molecule has 1 aliphatic heterocycles. The summed E-state index contributed by atoms with van der Waals surface area (Å²) in [7, 11) is -1.56. The first-order valence-electron chi connectivity index (χ1n) is 8.55. The van der Waals surface area contributed by atoms with Gasteiger partial charge in [-0.3, -0.25) is 4.79 Å². The summed E-state index contributed by atoms with van der Waals surface area (Å²) in [6.45, 7) is 1.48. The number of nitrogens with zero attached hydrogens (tertiary/aromatic N) is 3. The van der Waals surface area contributed by atoms with Gasteiger partial charge < -0.3 is 9.64 Å². The van der Waals surface area contributed by atoms with E-state index in [4.69, 9.17) is 4.74 Å². The zero-order chi connectivity index (χ0) is 19.6. The van der Waals surface area contributed by atoms with Gasteiger partial charge in [0.15, 0.2) is 15.9 Å². The van der Waals surface area contributed by atoms with Crippen molar-refractivity contribution >= 4 is 21.7 Å². The molecule has 0 N–H and O–H groups in total. The number of benzene rings is 1. The normalized spacial score (nSPS) is 19.4. The molecule has 144 valence electrons. The fourth-order valence-electron chi connectivity index (χ4n) is 3.00. The molecule has 2 atom stereocenters. The molecule has 9 heteroatoms. The van der Waals surface area contributed by atoms with E-state index in [0.717, 1.165) is 5.69 Å². The molecule has 1 saturated heterocycles. The van der Waals surface area contributed by atoms with Crippen LogP contribution in [0.5, 0.6) is 0 Å². The van der Waals surface area contributed by atoms with Crippen molar-refractivity contribution < 1.29 is 22.7 Å². The summed E-state index contributed by atoms with van der Waals surface area (Å²) in [6.07, 6.45) is 2.84. The van der Waals surface area contributed by atoms with Crippen molar-refractivity contribution in [3.8, 4) is 5.69 Å². The minimum absolute atomic E-state index is 0.0508. The van der Waals surface area contributed by atoms with Crippen LogP contribution in [0.25, 0.3) is 5.69 Å². The predicted octanol–water partition coefficient (Wildman–Crippen LogP) is 1.06. The number of hydrogen-bond acceptors (Lipinski definition) is 6. The number of rotatable bonds is 5. The molecule has 0 bridgehead atoms. The summed E-state index contributed by atoms with van der Waals surface area (Å²) in [4.78, 5) is 26.1. The third-order valence-corrected chi connectivity index (χ3v) is 6.36. The standard InChI is InChI=1S/C18H21N3O5S/c1-13(17(22)20(2)16-8-11-27(24,25)12-16)26-18(23)14-4-6-15(7-5-14)21-10-3-9-19-21/h3-7,9-10,13,16H,8,11-12H2,1-2H3/t13-,16+/m0/s1. The lowest BCUT2D eigenvalue weighted by atomic mass is 10.2. The molecule has 1 aliphatic rings. The molecule has 0 radical (unpaired) electrons. The van der Waals surface area contributed by atoms with Crippen molar-refractivity contribution in [2.75, 3.05) is 18.6 Å². The van der Waals surface area contributed by atoms with Gasteiger partial charge in [-0.1, -0.05) is 0 Å². The van der Waals surface area contributed by atoms with Crippen LogP contribution in [-0.4, -0.2) is 65.7 Å². The molecule has 3 rings (SSSR count). The highest BCUT2D eigenvalue weighted by Crippen LogP contribution is 2.18. The molecule has 2 aromatic rings. The molecule has 27 heavy (non-hydrogen) atoms. The molecule has 1 amide bonds. The van der Waals surface area contributed by atoms with E-state index in [0.29, 0.717) is 12.0 Å². The lowest BCUT2D eigenvalue weighted by molar-refractivity contribution is -0.140. The first-order chi connectivity index (χ1) is 12.8. The van der Waals surface area contributed by atoms with E-state index in [1.165, 1.54) is 18.9 Å². The van der Waals surface area contributed by atoms with Gasteiger partial charge in [0.1, 0.15) is 0 Å². The van der Waals surface area contributed by atoms with Crippen molar-refractivity contribution in [2.45, 2.75) is 25.5 Å². The second-order valence-electron chi connectivity index (χ2n) is 6.55. The molecular formula is C18H21N3O5S. The number of carbonyl (C=O) groups excluding carboxylic acids is 2. The molecule has 2 heterocycles. The first-order valence-corrected chi connectivity index (χ1v) is 10.4. The highest BCUT2D eigenvalue weighted by atomic mass is 32.2. The molecule has 0 unspecified atom stereocenters. The topological polar surface area (TPSA) is 98.6 Å². The minimum Gasteiger partial charge on any atom is -0.449 e. The van der Waals surface area contributed by atoms with Crippen LogP contribution < -0.4 is 0 Å². The first kappa shape index (κ1) is 19.1. The Kier molecular flexibility index (Phi) is 5.31. The summed E-state index contributed by atoms with van der Waals surface area (Å²) in [5.74, 6) is -1.01. The number of carbonyl (C=O) groups is 2. The summed E-state index contributed by atoms with van der Waals surface area (Å²) in [5, 5.41) is 4.11. The maximum absolute atomic E-state index is 12.5. The van der Waals surface area contributed by atoms with E-state index >= 15 is 0 Å². The molecule has 0 saturated carbocycles. The van der Waals surface area contributed by atoms with E-state index in [-0.39, 0.29) is 17.5 Å². The number of sulfone groups is 1. The van der Waals surface area contributed by atoms with Gasteiger partial charge in [0.05, 0.1) is 22.8 Å². The van der Waals surface area contributed by atoms with E-state index in [9.17, 15) is 18.0 Å². The van der Waals surface area contributed by atoms with Gasteiger partial charge in [-0.2, -0.15) is 5.10 Å². The fraction of sp³-hybridized carbons (Fsp3) is 0.389. The molecule has 0 spiro atoms. The number of esters is 1. The summed E-state index contributed by atoms with van der Waals surface area (Å²) in [6, 6.07) is 8.07. The Morgan fingerprint density at radius 2 is 2.00 bits per heavy atom. The lowest BCUT2D eigenvalue weighted by Gasteiger charge is -2.26. The Morgan fingerprint density at radius 1 is 1.30 bits per heavy atom. The van der Waals surface area contributed by atoms with Gasteiger partial charge in [-0.25, -0.2) is 17.9 Å². The van der Waals surface area contributed by atoms with Crippen LogP contribution in [0.3, 0.4) is 0 Å². The van der Waals surface area contributed by atoms with Crippen molar-refractivity contribution in [1.29, 1.82) is 0 Å². The van der Waals surface area contributed by atoms with Crippen molar-refractivity contribution in [2.24, 2.45) is 0 Å². The van der Waals surface area contributed by atoms with Gasteiger partial charge in [0.25, 0.3) is 5.91 Å². The Labute approximate surface area is 157 Å². The van der Waals surface area contributed by atoms with Crippen LogP contribution in [0.1, 0.15) is 23.7 Å². The number of hydrogen-bond donors (Lipinski definition) is 0. The summed E-state index contributed by atoms with van der Waals surface area (Å²) < 4.78 is 30.1. The molecule has 8 nitrogen and oxygen atoms in total. The van der Waals surface area contributed by atoms with E-state index in [2.05, 4.69) is 5.10 Å². The maximum atomic E-state index is 12.5. The average molecular weight is 391 g/mol. The third kappa shape index (κ3) is 4.36. The monoisotopic (exact) mass is 391 g/mol. The van der Waals surface area contributed by atoms with E-state index < -0.39 is 27.8 Å². The van der Waals surface area contributed by atoms with Crippen molar-refractivity contribution in [1.82, 2.24) is 14.7 Å². The van der Waals surface area contributed by atoms with E-state index in [1.807, 2.05) is 0 Å². The van der Waals surface area contributed by atoms with Crippen molar-refractivity contribution in [3.05, 3.63) is 48.3 Å². The smallest absolute Gasteiger partial charge is 0.338 e. The Morgan fingerprint density at radius 3 is 2.56 bits per heavy atom. The molecule has 1 fully saturated rings. The van der Waals surface area contributed by atoms with Gasteiger partial charge in [0.2, 0.25) is 0 Å². The second kappa shape index (κ2) is 7.51. The molecule has 1 aromatic heterocycles. The Bertz CT molecular complexity index is 922. The van der Waals surface area contributed by atoms with Crippen LogP contribution in [0, 0.1) is 0 Å². The highest BCUT2D eigenvalue weighted by Gasteiger charge is 2.35. The van der Waals surface area contributed by atoms with Gasteiger partial charge in [0, 0.05) is 25.5 Å². The lowest BCUT2D eigenvalue weighted by Crippen LogP contribution is -2.44. The summed E-state index contributed by atoms with van der Waals surface area (Å²) >= 11 is 0. The molecule has 0 aliphatic carbocycles. The van der Waals surface area contributed by atoms with Crippen LogP contribution in [0.15, 0.2) is 42.7 Å². The van der Waals surface area contributed by atoms with Crippen LogP contribution in [0.2, 0.25) is 0 Å². The number of ether oxygens (including phenoxy) is 1. The number of likely N-dealkylation sites (N-methyl/N-ethyl adjacent to an activating group) is 1. The van der Waals surface area contributed by atoms with Gasteiger partial charge >= 0.3 is 5.97 Å². The predicted molar refractivity (Wildman–Crippen MR) is 98.3 cm³/mol. The van der Waals surface area contributed by atoms with Gasteiger partial charge in [-0.15, -0.1) is 0 Å². The Balaban J connectivity index is 1.60. The highest BCUT2D eigenvalue weighted by molar-refractivity contribution is 7.91. The quantitative estimate of drug-likeness (QED) is 0.707. The zero-order valence-corrected chi connectivity index (χ0v) is 15.9. The second-order valence-corrected chi connectivity index (χ2v) is 8.78. The third-order valence-electron chi connectivity index (χ3n) is 4.61. The molecule has 1 aromatic carbocycles. The number of aromatic nitrogens is 2. The number of amides is 1. The molecular weight excluding hydrogens is 370 g/mol. The van der Waals surface area contributed by atoms with Crippen LogP contribution in [-0.2, 0) is 19.4 Å². The van der Waals surface area contributed by atoms with Crippen LogP contribution >= 0.6 is 0 Å². The largest absolute Gasteiger partial charge is 0.449 e. The fourth-order valence-corrected chi connectivity index (χ4v) is 4.77. The summed E-state index contributed by atoms with van der Waals surface area (Å²) in [5.41, 5.74) is 1.11. The SMILES string of the molecule is C[C@H](OC(=O)c1ccc(-n2cccn2)cc1)C(=O)N(C)[C@@H]1CCS(=O)(=O)C1. The maximum Gasteiger partial charge on any atom is 0.338 e. The van der Waals surface area contributed by atoms with Crippen molar-refractivity contribution in [3.63, 3.8) is 0 Å². The van der Waals surface area contributed by atoms with Crippen LogP contribution in [0.4, 0.5) is 0 Å². The average Bonchev–Trinajstić information content (AvgIpc) is 3.30. The minimum atomic E-state index is -3.10.